The first kappa shape index (κ1) is 17.8. The minimum atomic E-state index is -3.72. The van der Waals surface area contributed by atoms with E-state index in [1.54, 1.807) is 4.83 Å². The number of rotatable bonds is 12. The van der Waals surface area contributed by atoms with Gasteiger partial charge in [0, 0.05) is 0 Å². The molecule has 18 heavy (non-hydrogen) atoms. The molecule has 5 nitrogen and oxygen atoms in total. The predicted octanol–water partition coefficient (Wildman–Crippen LogP) is 2.02. The lowest BCUT2D eigenvalue weighted by atomic mass is 10.1. The second kappa shape index (κ2) is 10.7. The van der Waals surface area contributed by atoms with Crippen LogP contribution in [0.5, 0.6) is 0 Å². The van der Waals surface area contributed by atoms with E-state index in [-0.39, 0.29) is 6.42 Å². The molecule has 0 aromatic rings. The molecule has 1 atom stereocenters. The van der Waals surface area contributed by atoms with E-state index in [2.05, 4.69) is 6.92 Å². The SMILES string of the molecule is CCCCCCCCCCCC(O)S(=O)(=O)NN. The molecular weight excluding hydrogens is 252 g/mol. The van der Waals surface area contributed by atoms with Gasteiger partial charge in [-0.05, 0) is 12.8 Å². The Morgan fingerprint density at radius 1 is 1.00 bits per heavy atom. The van der Waals surface area contributed by atoms with Gasteiger partial charge in [0.2, 0.25) is 0 Å². The van der Waals surface area contributed by atoms with Crippen LogP contribution in [-0.4, -0.2) is 19.0 Å². The van der Waals surface area contributed by atoms with E-state index in [0.29, 0.717) is 0 Å². The van der Waals surface area contributed by atoms with Crippen molar-refractivity contribution >= 4 is 10.0 Å². The summed E-state index contributed by atoms with van der Waals surface area (Å²) in [5, 5.41) is 9.35. The van der Waals surface area contributed by atoms with Gasteiger partial charge in [0.25, 0.3) is 10.0 Å². The van der Waals surface area contributed by atoms with Gasteiger partial charge in [0.05, 0.1) is 0 Å². The zero-order valence-corrected chi connectivity index (χ0v) is 12.2. The van der Waals surface area contributed by atoms with Crippen LogP contribution in [0.4, 0.5) is 0 Å². The summed E-state index contributed by atoms with van der Waals surface area (Å²) in [5.74, 6) is 4.82. The number of hydrogen-bond acceptors (Lipinski definition) is 4. The monoisotopic (exact) mass is 280 g/mol. The smallest absolute Gasteiger partial charge is 0.250 e. The Morgan fingerprint density at radius 3 is 1.89 bits per heavy atom. The minimum Gasteiger partial charge on any atom is -0.376 e. The number of hydrazine groups is 1. The highest BCUT2D eigenvalue weighted by Gasteiger charge is 2.19. The van der Waals surface area contributed by atoms with Gasteiger partial charge in [-0.2, -0.15) is 4.83 Å². The molecule has 0 heterocycles. The molecule has 6 heteroatoms. The number of aliphatic hydroxyl groups is 1. The third-order valence-electron chi connectivity index (χ3n) is 3.08. The molecule has 0 rings (SSSR count). The Bertz CT molecular complexity index is 281. The Labute approximate surface area is 111 Å². The summed E-state index contributed by atoms with van der Waals surface area (Å²) in [7, 11) is -3.72. The number of nitrogens with two attached hydrogens (primary N) is 1. The van der Waals surface area contributed by atoms with Crippen LogP contribution in [0.25, 0.3) is 0 Å². The third kappa shape index (κ3) is 8.85. The van der Waals surface area contributed by atoms with Crippen molar-refractivity contribution in [3.8, 4) is 0 Å². The van der Waals surface area contributed by atoms with Gasteiger partial charge < -0.3 is 5.11 Å². The summed E-state index contributed by atoms with van der Waals surface area (Å²) >= 11 is 0. The molecule has 0 aromatic carbocycles. The second-order valence-electron chi connectivity index (χ2n) is 4.73. The molecule has 0 aliphatic rings. The molecular formula is C12H28N2O3S. The van der Waals surface area contributed by atoms with Crippen LogP contribution in [0.2, 0.25) is 0 Å². The molecule has 110 valence electrons. The topological polar surface area (TPSA) is 92.4 Å². The summed E-state index contributed by atoms with van der Waals surface area (Å²) in [4.78, 5) is 1.64. The quantitative estimate of drug-likeness (QED) is 0.290. The molecule has 1 unspecified atom stereocenters. The molecule has 0 aliphatic heterocycles. The molecule has 0 amide bonds. The van der Waals surface area contributed by atoms with E-state index in [0.717, 1.165) is 19.3 Å². The fourth-order valence-electron chi connectivity index (χ4n) is 1.86. The average Bonchev–Trinajstić information content (AvgIpc) is 2.36. The largest absolute Gasteiger partial charge is 0.376 e. The van der Waals surface area contributed by atoms with Gasteiger partial charge in [-0.15, -0.1) is 0 Å². The number of unbranched alkanes of at least 4 members (excludes halogenated alkanes) is 8. The average molecular weight is 280 g/mol. The molecule has 0 saturated carbocycles. The fourth-order valence-corrected chi connectivity index (χ4v) is 2.50. The van der Waals surface area contributed by atoms with Gasteiger partial charge in [-0.1, -0.05) is 58.3 Å². The Hall–Kier alpha value is -0.170. The van der Waals surface area contributed by atoms with Crippen molar-refractivity contribution in [3.63, 3.8) is 0 Å². The van der Waals surface area contributed by atoms with Gasteiger partial charge in [-0.3, -0.25) is 5.84 Å². The van der Waals surface area contributed by atoms with Crippen molar-refractivity contribution in [1.29, 1.82) is 0 Å². The first-order chi connectivity index (χ1) is 8.54. The maximum Gasteiger partial charge on any atom is 0.250 e. The molecule has 0 fully saturated rings. The normalized spacial score (nSPS) is 13.7. The van der Waals surface area contributed by atoms with Gasteiger partial charge in [0.1, 0.15) is 0 Å². The number of hydrogen-bond donors (Lipinski definition) is 3. The summed E-state index contributed by atoms with van der Waals surface area (Å²) in [6.07, 6.45) is 10.7. The number of nitrogens with one attached hydrogen (secondary N) is 1. The van der Waals surface area contributed by atoms with E-state index in [4.69, 9.17) is 5.84 Å². The Morgan fingerprint density at radius 2 is 1.44 bits per heavy atom. The van der Waals surface area contributed by atoms with Gasteiger partial charge in [-0.25, -0.2) is 8.42 Å². The Balaban J connectivity index is 3.36. The Kier molecular flexibility index (Phi) is 10.6. The van der Waals surface area contributed by atoms with Crippen LogP contribution in [0, 0.1) is 0 Å². The van der Waals surface area contributed by atoms with Crippen molar-refractivity contribution in [2.75, 3.05) is 0 Å². The predicted molar refractivity (Wildman–Crippen MR) is 74.1 cm³/mol. The van der Waals surface area contributed by atoms with Crippen LogP contribution in [0.1, 0.15) is 71.1 Å². The van der Waals surface area contributed by atoms with E-state index in [1.807, 2.05) is 0 Å². The van der Waals surface area contributed by atoms with Gasteiger partial charge in [0.15, 0.2) is 5.44 Å². The van der Waals surface area contributed by atoms with E-state index in [9.17, 15) is 13.5 Å². The van der Waals surface area contributed by atoms with Crippen LogP contribution in [0.15, 0.2) is 0 Å². The first-order valence-corrected chi connectivity index (χ1v) is 8.48. The zero-order chi connectivity index (χ0) is 13.9. The van der Waals surface area contributed by atoms with Crippen molar-refractivity contribution < 1.29 is 13.5 Å². The maximum atomic E-state index is 11.1. The van der Waals surface area contributed by atoms with Crippen LogP contribution >= 0.6 is 0 Å². The number of sulfonamides is 1. The van der Waals surface area contributed by atoms with Gasteiger partial charge >= 0.3 is 0 Å². The summed E-state index contributed by atoms with van der Waals surface area (Å²) in [6.45, 7) is 2.20. The molecule has 0 aromatic heterocycles. The summed E-state index contributed by atoms with van der Waals surface area (Å²) in [6, 6.07) is 0. The first-order valence-electron chi connectivity index (χ1n) is 6.94. The lowest BCUT2D eigenvalue weighted by Crippen LogP contribution is -2.38. The molecule has 0 spiro atoms. The summed E-state index contributed by atoms with van der Waals surface area (Å²) < 4.78 is 22.2. The van der Waals surface area contributed by atoms with Crippen LogP contribution in [0.3, 0.4) is 0 Å². The highest BCUT2D eigenvalue weighted by molar-refractivity contribution is 7.89. The van der Waals surface area contributed by atoms with Crippen molar-refractivity contribution in [3.05, 3.63) is 0 Å². The molecule has 0 radical (unpaired) electrons. The standard InChI is InChI=1S/C12H28N2O3S/c1-2-3-4-5-6-7-8-9-10-11-12(15)18(16,17)14-13/h12,14-15H,2-11,13H2,1H3. The lowest BCUT2D eigenvalue weighted by Gasteiger charge is -2.10. The molecule has 0 aliphatic carbocycles. The van der Waals surface area contributed by atoms with E-state index >= 15 is 0 Å². The van der Waals surface area contributed by atoms with E-state index < -0.39 is 15.5 Å². The second-order valence-corrected chi connectivity index (χ2v) is 6.60. The molecule has 4 N–H and O–H groups in total. The van der Waals surface area contributed by atoms with Crippen LogP contribution in [-0.2, 0) is 10.0 Å². The fraction of sp³-hybridized carbons (Fsp3) is 1.00. The molecule has 0 bridgehead atoms. The maximum absolute atomic E-state index is 11.1. The summed E-state index contributed by atoms with van der Waals surface area (Å²) in [5.41, 5.74) is -1.38. The van der Waals surface area contributed by atoms with Crippen molar-refractivity contribution in [2.24, 2.45) is 5.84 Å². The minimum absolute atomic E-state index is 0.252. The number of aliphatic hydroxyl groups excluding tert-OH is 1. The van der Waals surface area contributed by atoms with E-state index in [1.165, 1.54) is 38.5 Å². The highest BCUT2D eigenvalue weighted by atomic mass is 32.2. The van der Waals surface area contributed by atoms with Crippen molar-refractivity contribution in [2.45, 2.75) is 76.6 Å². The molecule has 0 saturated heterocycles. The zero-order valence-electron chi connectivity index (χ0n) is 11.4. The lowest BCUT2D eigenvalue weighted by molar-refractivity contribution is 0.231. The third-order valence-corrected chi connectivity index (χ3v) is 4.36. The highest BCUT2D eigenvalue weighted by Crippen LogP contribution is 2.12. The van der Waals surface area contributed by atoms with Crippen molar-refractivity contribution in [1.82, 2.24) is 4.83 Å². The van der Waals surface area contributed by atoms with Crippen LogP contribution < -0.4 is 10.7 Å².